The summed E-state index contributed by atoms with van der Waals surface area (Å²) < 4.78 is 0. The number of pyridine rings is 1. The summed E-state index contributed by atoms with van der Waals surface area (Å²) in [5.74, 6) is 0. The number of aryl methyl sites for hydroxylation is 1. The van der Waals surface area contributed by atoms with Crippen LogP contribution in [0.25, 0.3) is 0 Å². The summed E-state index contributed by atoms with van der Waals surface area (Å²) in [7, 11) is 0. The van der Waals surface area contributed by atoms with Crippen LogP contribution in [0.2, 0.25) is 0 Å². The molecular formula is C9H13NOS. The SMILES string of the molecule is CSc1ncc([C@H](C)O)cc1C. The second-order valence-electron chi connectivity index (χ2n) is 2.77. The van der Waals surface area contributed by atoms with Crippen LogP contribution in [-0.4, -0.2) is 16.3 Å². The molecule has 12 heavy (non-hydrogen) atoms. The molecule has 0 amide bonds. The third-order valence-electron chi connectivity index (χ3n) is 1.73. The number of hydrogen-bond donors (Lipinski definition) is 1. The van der Waals surface area contributed by atoms with Crippen LogP contribution < -0.4 is 0 Å². The second-order valence-corrected chi connectivity index (χ2v) is 3.57. The topological polar surface area (TPSA) is 33.1 Å². The van der Waals surface area contributed by atoms with Crippen LogP contribution in [0.3, 0.4) is 0 Å². The summed E-state index contributed by atoms with van der Waals surface area (Å²) >= 11 is 1.62. The van der Waals surface area contributed by atoms with Crippen LogP contribution in [0.4, 0.5) is 0 Å². The molecule has 66 valence electrons. The van der Waals surface area contributed by atoms with Gasteiger partial charge in [-0.05, 0) is 37.3 Å². The predicted molar refractivity (Wildman–Crippen MR) is 51.4 cm³/mol. The standard InChI is InChI=1S/C9H13NOS/c1-6-4-8(7(2)11)5-10-9(6)12-3/h4-5,7,11H,1-3H3/t7-/m0/s1. The van der Waals surface area contributed by atoms with E-state index in [0.29, 0.717) is 0 Å². The van der Waals surface area contributed by atoms with Gasteiger partial charge < -0.3 is 5.11 Å². The lowest BCUT2D eigenvalue weighted by Crippen LogP contribution is -1.94. The van der Waals surface area contributed by atoms with Crippen molar-refractivity contribution in [1.29, 1.82) is 0 Å². The molecule has 0 radical (unpaired) electrons. The molecule has 1 aromatic rings. The lowest BCUT2D eigenvalue weighted by Gasteiger charge is -2.06. The molecule has 1 heterocycles. The maximum absolute atomic E-state index is 9.26. The first-order valence-corrected chi connectivity index (χ1v) is 5.06. The Morgan fingerprint density at radius 2 is 2.25 bits per heavy atom. The van der Waals surface area contributed by atoms with Crippen LogP contribution in [0.15, 0.2) is 17.3 Å². The summed E-state index contributed by atoms with van der Waals surface area (Å²) in [5, 5.41) is 10.3. The Labute approximate surface area is 77.0 Å². The van der Waals surface area contributed by atoms with Crippen LogP contribution in [-0.2, 0) is 0 Å². The van der Waals surface area contributed by atoms with Crippen LogP contribution >= 0.6 is 11.8 Å². The van der Waals surface area contributed by atoms with E-state index in [0.717, 1.165) is 16.2 Å². The van der Waals surface area contributed by atoms with Crippen molar-refractivity contribution in [2.24, 2.45) is 0 Å². The van der Waals surface area contributed by atoms with E-state index in [1.54, 1.807) is 24.9 Å². The van der Waals surface area contributed by atoms with Crippen molar-refractivity contribution in [1.82, 2.24) is 4.98 Å². The minimum atomic E-state index is -0.424. The first kappa shape index (κ1) is 9.55. The highest BCUT2D eigenvalue weighted by Gasteiger charge is 2.03. The van der Waals surface area contributed by atoms with E-state index in [9.17, 15) is 5.11 Å². The average molecular weight is 183 g/mol. The Balaban J connectivity index is 3.02. The van der Waals surface area contributed by atoms with E-state index in [1.165, 1.54) is 0 Å². The molecule has 1 atom stereocenters. The molecular weight excluding hydrogens is 170 g/mol. The number of aliphatic hydroxyl groups is 1. The summed E-state index contributed by atoms with van der Waals surface area (Å²) in [6, 6.07) is 1.98. The van der Waals surface area contributed by atoms with Crippen molar-refractivity contribution in [3.63, 3.8) is 0 Å². The van der Waals surface area contributed by atoms with Gasteiger partial charge in [0, 0.05) is 6.20 Å². The summed E-state index contributed by atoms with van der Waals surface area (Å²) in [5.41, 5.74) is 2.01. The molecule has 0 fully saturated rings. The maximum Gasteiger partial charge on any atom is 0.0986 e. The van der Waals surface area contributed by atoms with E-state index in [1.807, 2.05) is 19.2 Å². The predicted octanol–water partition coefficient (Wildman–Crippen LogP) is 2.17. The lowest BCUT2D eigenvalue weighted by atomic mass is 10.1. The number of thioether (sulfide) groups is 1. The molecule has 0 bridgehead atoms. The van der Waals surface area contributed by atoms with Gasteiger partial charge >= 0.3 is 0 Å². The van der Waals surface area contributed by atoms with Crippen molar-refractivity contribution in [3.05, 3.63) is 23.4 Å². The highest BCUT2D eigenvalue weighted by atomic mass is 32.2. The Morgan fingerprint density at radius 3 is 2.67 bits per heavy atom. The molecule has 0 unspecified atom stereocenters. The second kappa shape index (κ2) is 3.92. The highest BCUT2D eigenvalue weighted by Crippen LogP contribution is 2.20. The van der Waals surface area contributed by atoms with Crippen molar-refractivity contribution in [3.8, 4) is 0 Å². The van der Waals surface area contributed by atoms with Gasteiger partial charge in [0.2, 0.25) is 0 Å². The zero-order chi connectivity index (χ0) is 9.14. The summed E-state index contributed by atoms with van der Waals surface area (Å²) in [4.78, 5) is 4.22. The first-order chi connectivity index (χ1) is 5.65. The highest BCUT2D eigenvalue weighted by molar-refractivity contribution is 7.98. The summed E-state index contributed by atoms with van der Waals surface area (Å²) in [6.07, 6.45) is 3.30. The Kier molecular flexibility index (Phi) is 3.12. The molecule has 0 aliphatic heterocycles. The minimum absolute atomic E-state index is 0.424. The molecule has 1 aromatic heterocycles. The molecule has 1 rings (SSSR count). The van der Waals surface area contributed by atoms with Crippen LogP contribution in [0.5, 0.6) is 0 Å². The van der Waals surface area contributed by atoms with E-state index in [-0.39, 0.29) is 0 Å². The van der Waals surface area contributed by atoms with Gasteiger partial charge in [-0.1, -0.05) is 0 Å². The molecule has 0 aromatic carbocycles. The van der Waals surface area contributed by atoms with Gasteiger partial charge in [0.1, 0.15) is 0 Å². The average Bonchev–Trinajstić information content (AvgIpc) is 2.04. The molecule has 0 spiro atoms. The quantitative estimate of drug-likeness (QED) is 0.713. The first-order valence-electron chi connectivity index (χ1n) is 3.83. The monoisotopic (exact) mass is 183 g/mol. The van der Waals surface area contributed by atoms with Gasteiger partial charge in [0.25, 0.3) is 0 Å². The van der Waals surface area contributed by atoms with Crippen molar-refractivity contribution < 1.29 is 5.11 Å². The molecule has 0 saturated heterocycles. The van der Waals surface area contributed by atoms with Gasteiger partial charge in [-0.25, -0.2) is 4.98 Å². The number of rotatable bonds is 2. The van der Waals surface area contributed by atoms with Gasteiger partial charge in [-0.2, -0.15) is 0 Å². The molecule has 0 aliphatic rings. The molecule has 0 aliphatic carbocycles. The van der Waals surface area contributed by atoms with Gasteiger partial charge in [-0.15, -0.1) is 11.8 Å². The van der Waals surface area contributed by atoms with Crippen molar-refractivity contribution >= 4 is 11.8 Å². The number of aliphatic hydroxyl groups excluding tert-OH is 1. The lowest BCUT2D eigenvalue weighted by molar-refractivity contribution is 0.198. The van der Waals surface area contributed by atoms with Gasteiger partial charge in [0.05, 0.1) is 11.1 Å². The Morgan fingerprint density at radius 1 is 1.58 bits per heavy atom. The third-order valence-corrected chi connectivity index (χ3v) is 2.54. The van der Waals surface area contributed by atoms with E-state index < -0.39 is 6.10 Å². The van der Waals surface area contributed by atoms with Gasteiger partial charge in [0.15, 0.2) is 0 Å². The van der Waals surface area contributed by atoms with Crippen molar-refractivity contribution in [2.45, 2.75) is 25.0 Å². The normalized spacial score (nSPS) is 13.0. The molecule has 0 saturated carbocycles. The minimum Gasteiger partial charge on any atom is -0.389 e. The Hall–Kier alpha value is -0.540. The smallest absolute Gasteiger partial charge is 0.0986 e. The van der Waals surface area contributed by atoms with Crippen LogP contribution in [0, 0.1) is 6.92 Å². The number of nitrogens with zero attached hydrogens (tertiary/aromatic N) is 1. The number of aromatic nitrogens is 1. The number of hydrogen-bond acceptors (Lipinski definition) is 3. The maximum atomic E-state index is 9.26. The van der Waals surface area contributed by atoms with Gasteiger partial charge in [-0.3, -0.25) is 0 Å². The molecule has 3 heteroatoms. The molecule has 1 N–H and O–H groups in total. The largest absolute Gasteiger partial charge is 0.389 e. The van der Waals surface area contributed by atoms with E-state index in [2.05, 4.69) is 4.98 Å². The fraction of sp³-hybridized carbons (Fsp3) is 0.444. The fourth-order valence-corrected chi connectivity index (χ4v) is 1.57. The van der Waals surface area contributed by atoms with Crippen LogP contribution in [0.1, 0.15) is 24.2 Å². The fourth-order valence-electron chi connectivity index (χ4n) is 1.03. The van der Waals surface area contributed by atoms with Crippen molar-refractivity contribution in [2.75, 3.05) is 6.26 Å². The van der Waals surface area contributed by atoms with E-state index >= 15 is 0 Å². The third kappa shape index (κ3) is 1.99. The zero-order valence-corrected chi connectivity index (χ0v) is 8.35. The summed E-state index contributed by atoms with van der Waals surface area (Å²) in [6.45, 7) is 3.75. The molecule has 2 nitrogen and oxygen atoms in total. The Bertz CT molecular complexity index is 273. The zero-order valence-electron chi connectivity index (χ0n) is 7.53. The van der Waals surface area contributed by atoms with E-state index in [4.69, 9.17) is 0 Å².